The summed E-state index contributed by atoms with van der Waals surface area (Å²) in [6.07, 6.45) is 0.239. The Morgan fingerprint density at radius 1 is 1.57 bits per heavy atom. The van der Waals surface area contributed by atoms with Crippen LogP contribution in [0.5, 0.6) is 0 Å². The lowest BCUT2D eigenvalue weighted by Crippen LogP contribution is -2.29. The maximum atomic E-state index is 5.91. The number of hydrogen-bond acceptors (Lipinski definition) is 3. The number of thiophene rings is 1. The van der Waals surface area contributed by atoms with Gasteiger partial charge in [0, 0.05) is 18.5 Å². The van der Waals surface area contributed by atoms with E-state index >= 15 is 0 Å². The standard InChI is InChI=1S/C11H17NOS/c1-11(2)7-12-5-10(13-8-11)9-3-4-14-6-9/h3-4,6,10,12H,5,7-8H2,1-2H3. The Labute approximate surface area is 89.3 Å². The highest BCUT2D eigenvalue weighted by atomic mass is 32.1. The van der Waals surface area contributed by atoms with Crippen LogP contribution in [0.3, 0.4) is 0 Å². The summed E-state index contributed by atoms with van der Waals surface area (Å²) in [4.78, 5) is 0. The molecular formula is C11H17NOS. The molecule has 2 nitrogen and oxygen atoms in total. The van der Waals surface area contributed by atoms with Gasteiger partial charge in [0.25, 0.3) is 0 Å². The molecule has 1 fully saturated rings. The minimum atomic E-state index is 0.239. The quantitative estimate of drug-likeness (QED) is 0.770. The van der Waals surface area contributed by atoms with E-state index in [1.165, 1.54) is 5.56 Å². The molecule has 1 aromatic heterocycles. The third-order valence-corrected chi connectivity index (χ3v) is 3.22. The number of ether oxygens (including phenoxy) is 1. The Hall–Kier alpha value is -0.380. The van der Waals surface area contributed by atoms with Crippen molar-refractivity contribution in [3.8, 4) is 0 Å². The number of rotatable bonds is 1. The van der Waals surface area contributed by atoms with Crippen LogP contribution >= 0.6 is 11.3 Å². The normalized spacial score (nSPS) is 27.1. The van der Waals surface area contributed by atoms with Crippen LogP contribution in [-0.2, 0) is 4.74 Å². The molecule has 0 spiro atoms. The molecule has 1 N–H and O–H groups in total. The van der Waals surface area contributed by atoms with E-state index in [1.807, 2.05) is 0 Å². The SMILES string of the molecule is CC1(C)CNCC(c2ccsc2)OC1. The zero-order chi connectivity index (χ0) is 10.0. The van der Waals surface area contributed by atoms with Gasteiger partial charge in [-0.15, -0.1) is 0 Å². The molecule has 1 atom stereocenters. The summed E-state index contributed by atoms with van der Waals surface area (Å²) in [6.45, 7) is 7.26. The predicted molar refractivity (Wildman–Crippen MR) is 59.7 cm³/mol. The van der Waals surface area contributed by atoms with Gasteiger partial charge in [-0.3, -0.25) is 0 Å². The van der Waals surface area contributed by atoms with Gasteiger partial charge in [-0.05, 0) is 22.4 Å². The van der Waals surface area contributed by atoms with Gasteiger partial charge in [0.05, 0.1) is 12.7 Å². The van der Waals surface area contributed by atoms with Gasteiger partial charge in [-0.2, -0.15) is 11.3 Å². The third kappa shape index (κ3) is 2.35. The molecule has 0 aliphatic carbocycles. The molecule has 1 aliphatic rings. The second kappa shape index (κ2) is 4.01. The lowest BCUT2D eigenvalue weighted by Gasteiger charge is -2.21. The summed E-state index contributed by atoms with van der Waals surface area (Å²) in [5, 5.41) is 7.73. The predicted octanol–water partition coefficient (Wildman–Crippen LogP) is 2.44. The minimum absolute atomic E-state index is 0.239. The fourth-order valence-corrected chi connectivity index (χ4v) is 2.35. The van der Waals surface area contributed by atoms with Crippen molar-refractivity contribution in [2.75, 3.05) is 19.7 Å². The monoisotopic (exact) mass is 211 g/mol. The number of nitrogens with one attached hydrogen (secondary N) is 1. The Bertz CT molecular complexity index is 281. The zero-order valence-corrected chi connectivity index (χ0v) is 9.56. The van der Waals surface area contributed by atoms with E-state index in [9.17, 15) is 0 Å². The van der Waals surface area contributed by atoms with Crippen molar-refractivity contribution in [1.29, 1.82) is 0 Å². The molecule has 0 saturated carbocycles. The van der Waals surface area contributed by atoms with Crippen LogP contribution in [0.25, 0.3) is 0 Å². The first-order valence-corrected chi connectivity index (χ1v) is 5.96. The Kier molecular flexibility index (Phi) is 2.91. The van der Waals surface area contributed by atoms with E-state index in [0.717, 1.165) is 19.7 Å². The molecule has 3 heteroatoms. The van der Waals surface area contributed by atoms with Gasteiger partial charge in [0.1, 0.15) is 0 Å². The Morgan fingerprint density at radius 3 is 3.14 bits per heavy atom. The van der Waals surface area contributed by atoms with Crippen LogP contribution in [0.1, 0.15) is 25.5 Å². The molecule has 1 unspecified atom stereocenters. The molecule has 0 amide bonds. The summed E-state index contributed by atoms with van der Waals surface area (Å²) < 4.78 is 5.91. The van der Waals surface area contributed by atoms with Gasteiger partial charge < -0.3 is 10.1 Å². The van der Waals surface area contributed by atoms with Crippen LogP contribution in [0.15, 0.2) is 16.8 Å². The maximum absolute atomic E-state index is 5.91. The van der Waals surface area contributed by atoms with Gasteiger partial charge in [-0.25, -0.2) is 0 Å². The highest BCUT2D eigenvalue weighted by Crippen LogP contribution is 2.26. The van der Waals surface area contributed by atoms with E-state index in [2.05, 4.69) is 36.0 Å². The van der Waals surface area contributed by atoms with Crippen molar-refractivity contribution in [3.05, 3.63) is 22.4 Å². The van der Waals surface area contributed by atoms with Crippen LogP contribution in [0, 0.1) is 5.41 Å². The summed E-state index contributed by atoms with van der Waals surface area (Å²) in [5.41, 5.74) is 1.56. The molecule has 0 aromatic carbocycles. The Morgan fingerprint density at radius 2 is 2.43 bits per heavy atom. The van der Waals surface area contributed by atoms with Crippen LogP contribution in [0.4, 0.5) is 0 Å². The molecule has 1 aromatic rings. The topological polar surface area (TPSA) is 21.3 Å². The lowest BCUT2D eigenvalue weighted by atomic mass is 9.95. The lowest BCUT2D eigenvalue weighted by molar-refractivity contribution is 0.0262. The summed E-state index contributed by atoms with van der Waals surface area (Å²) in [7, 11) is 0. The van der Waals surface area contributed by atoms with E-state index in [0.29, 0.717) is 0 Å². The first-order valence-electron chi connectivity index (χ1n) is 5.02. The smallest absolute Gasteiger partial charge is 0.0957 e. The molecular weight excluding hydrogens is 194 g/mol. The molecule has 0 radical (unpaired) electrons. The molecule has 1 aliphatic heterocycles. The minimum Gasteiger partial charge on any atom is -0.372 e. The molecule has 1 saturated heterocycles. The maximum Gasteiger partial charge on any atom is 0.0957 e. The second-order valence-corrected chi connectivity index (χ2v) is 5.43. The highest BCUT2D eigenvalue weighted by molar-refractivity contribution is 7.07. The first-order chi connectivity index (χ1) is 6.67. The van der Waals surface area contributed by atoms with E-state index in [1.54, 1.807) is 11.3 Å². The van der Waals surface area contributed by atoms with Gasteiger partial charge in [0.2, 0.25) is 0 Å². The second-order valence-electron chi connectivity index (χ2n) is 4.65. The molecule has 78 valence electrons. The molecule has 0 bridgehead atoms. The van der Waals surface area contributed by atoms with E-state index in [4.69, 9.17) is 4.74 Å². The van der Waals surface area contributed by atoms with Crippen LogP contribution in [-0.4, -0.2) is 19.7 Å². The summed E-state index contributed by atoms with van der Waals surface area (Å²) in [6, 6.07) is 2.15. The zero-order valence-electron chi connectivity index (χ0n) is 8.75. The number of hydrogen-bond donors (Lipinski definition) is 1. The Balaban J connectivity index is 2.03. The van der Waals surface area contributed by atoms with Gasteiger partial charge >= 0.3 is 0 Å². The highest BCUT2D eigenvalue weighted by Gasteiger charge is 2.25. The van der Waals surface area contributed by atoms with Crippen molar-refractivity contribution in [2.24, 2.45) is 5.41 Å². The van der Waals surface area contributed by atoms with Crippen molar-refractivity contribution >= 4 is 11.3 Å². The van der Waals surface area contributed by atoms with Crippen molar-refractivity contribution < 1.29 is 4.74 Å². The molecule has 2 heterocycles. The summed E-state index contributed by atoms with van der Waals surface area (Å²) >= 11 is 1.73. The fourth-order valence-electron chi connectivity index (χ4n) is 1.65. The van der Waals surface area contributed by atoms with E-state index < -0.39 is 0 Å². The van der Waals surface area contributed by atoms with Gasteiger partial charge in [-0.1, -0.05) is 13.8 Å². The van der Waals surface area contributed by atoms with Crippen LogP contribution in [0.2, 0.25) is 0 Å². The molecule has 14 heavy (non-hydrogen) atoms. The van der Waals surface area contributed by atoms with Crippen molar-refractivity contribution in [3.63, 3.8) is 0 Å². The molecule has 2 rings (SSSR count). The largest absolute Gasteiger partial charge is 0.372 e. The van der Waals surface area contributed by atoms with Crippen LogP contribution < -0.4 is 5.32 Å². The first kappa shape index (κ1) is 10.1. The van der Waals surface area contributed by atoms with Crippen molar-refractivity contribution in [1.82, 2.24) is 5.32 Å². The average molecular weight is 211 g/mol. The third-order valence-electron chi connectivity index (χ3n) is 2.52. The fraction of sp³-hybridized carbons (Fsp3) is 0.636. The summed E-state index contributed by atoms with van der Waals surface area (Å²) in [5.74, 6) is 0. The van der Waals surface area contributed by atoms with E-state index in [-0.39, 0.29) is 11.5 Å². The van der Waals surface area contributed by atoms with Crippen molar-refractivity contribution in [2.45, 2.75) is 20.0 Å². The van der Waals surface area contributed by atoms with Gasteiger partial charge in [0.15, 0.2) is 0 Å². The average Bonchev–Trinajstić information content (AvgIpc) is 2.58.